The quantitative estimate of drug-likeness (QED) is 0.250. The minimum Gasteiger partial charge on any atom is -0.274 e. The van der Waals surface area contributed by atoms with Crippen LogP contribution < -0.4 is 4.90 Å². The van der Waals surface area contributed by atoms with Gasteiger partial charge in [0.15, 0.2) is 4.34 Å². The lowest BCUT2D eigenvalue weighted by molar-refractivity contribution is -0.123. The summed E-state index contributed by atoms with van der Waals surface area (Å²) in [5.74, 6) is 0.691. The molecule has 1 saturated carbocycles. The molecule has 2 aliphatic carbocycles. The van der Waals surface area contributed by atoms with Gasteiger partial charge in [-0.15, -0.1) is 11.3 Å². The molecule has 3 aliphatic rings. The Labute approximate surface area is 197 Å². The molecule has 6 rings (SSSR count). The van der Waals surface area contributed by atoms with Crippen molar-refractivity contribution in [1.82, 2.24) is 4.98 Å². The molecule has 31 heavy (non-hydrogen) atoms. The summed E-state index contributed by atoms with van der Waals surface area (Å²) < 4.78 is 1.89. The lowest BCUT2D eigenvalue weighted by Crippen LogP contribution is -2.32. The second-order valence-electron chi connectivity index (χ2n) is 8.18. The molecular weight excluding hydrogens is 471 g/mol. The summed E-state index contributed by atoms with van der Waals surface area (Å²) >= 11 is 15.3. The van der Waals surface area contributed by atoms with Gasteiger partial charge in [-0.05, 0) is 54.2 Å². The van der Waals surface area contributed by atoms with Gasteiger partial charge in [0.05, 0.1) is 37.8 Å². The number of anilines is 1. The van der Waals surface area contributed by atoms with Crippen molar-refractivity contribution in [2.24, 2.45) is 23.7 Å². The molecule has 0 N–H and O–H groups in total. The maximum Gasteiger partial charge on any atom is 0.238 e. The van der Waals surface area contributed by atoms with E-state index in [0.717, 1.165) is 32.3 Å². The molecule has 2 fully saturated rings. The van der Waals surface area contributed by atoms with Gasteiger partial charge in [0.2, 0.25) is 11.8 Å². The smallest absolute Gasteiger partial charge is 0.238 e. The van der Waals surface area contributed by atoms with Crippen LogP contribution in [0, 0.1) is 23.7 Å². The largest absolute Gasteiger partial charge is 0.274 e. The van der Waals surface area contributed by atoms with Crippen LogP contribution in [-0.4, -0.2) is 16.8 Å². The second-order valence-corrected chi connectivity index (χ2v) is 11.2. The molecule has 4 atom stereocenters. The first-order valence-electron chi connectivity index (χ1n) is 10.0. The number of fused-ring (bicyclic) bond motifs is 6. The van der Waals surface area contributed by atoms with Crippen LogP contribution in [0.5, 0.6) is 0 Å². The van der Waals surface area contributed by atoms with Crippen LogP contribution in [0.4, 0.5) is 5.69 Å². The minimum atomic E-state index is -0.183. The number of hydrogen-bond acceptors (Lipinski definition) is 5. The molecule has 2 aromatic carbocycles. The zero-order chi connectivity index (χ0) is 21.3. The Morgan fingerprint density at radius 2 is 1.74 bits per heavy atom. The van der Waals surface area contributed by atoms with Crippen LogP contribution in [0.3, 0.4) is 0 Å². The van der Waals surface area contributed by atoms with E-state index in [1.807, 2.05) is 30.3 Å². The van der Waals surface area contributed by atoms with Gasteiger partial charge in [0, 0.05) is 5.75 Å². The molecule has 2 bridgehead atoms. The summed E-state index contributed by atoms with van der Waals surface area (Å²) in [6, 6.07) is 11.3. The van der Waals surface area contributed by atoms with Gasteiger partial charge in [-0.2, -0.15) is 0 Å². The van der Waals surface area contributed by atoms with E-state index >= 15 is 0 Å². The number of halogens is 2. The highest BCUT2D eigenvalue weighted by molar-refractivity contribution is 8.00. The second kappa shape index (κ2) is 7.34. The average Bonchev–Trinajstić information content (AvgIpc) is 3.51. The van der Waals surface area contributed by atoms with E-state index < -0.39 is 0 Å². The van der Waals surface area contributed by atoms with Crippen LogP contribution in [0.15, 0.2) is 52.9 Å². The van der Waals surface area contributed by atoms with Gasteiger partial charge < -0.3 is 0 Å². The van der Waals surface area contributed by atoms with E-state index in [2.05, 4.69) is 17.1 Å². The zero-order valence-corrected chi connectivity index (χ0v) is 19.3. The summed E-state index contributed by atoms with van der Waals surface area (Å²) in [7, 11) is 0. The van der Waals surface area contributed by atoms with E-state index in [-0.39, 0.29) is 35.5 Å². The molecule has 0 spiro atoms. The van der Waals surface area contributed by atoms with Crippen LogP contribution in [0.2, 0.25) is 10.0 Å². The summed E-state index contributed by atoms with van der Waals surface area (Å²) in [5.41, 5.74) is 2.59. The van der Waals surface area contributed by atoms with Crippen molar-refractivity contribution < 1.29 is 9.59 Å². The number of thioether (sulfide) groups is 1. The number of rotatable bonds is 4. The molecule has 1 saturated heterocycles. The maximum absolute atomic E-state index is 13.1. The van der Waals surface area contributed by atoms with Crippen LogP contribution in [-0.2, 0) is 15.3 Å². The lowest BCUT2D eigenvalue weighted by atomic mass is 9.85. The fraction of sp³-hybridized carbons (Fsp3) is 0.261. The van der Waals surface area contributed by atoms with E-state index in [9.17, 15) is 9.59 Å². The third kappa shape index (κ3) is 3.15. The van der Waals surface area contributed by atoms with Crippen molar-refractivity contribution in [3.63, 3.8) is 0 Å². The van der Waals surface area contributed by atoms with Crippen molar-refractivity contribution in [1.29, 1.82) is 0 Å². The summed E-state index contributed by atoms with van der Waals surface area (Å²) in [5, 5.41) is 1.09. The third-order valence-electron chi connectivity index (χ3n) is 6.43. The normalized spacial score (nSPS) is 26.5. The lowest BCUT2D eigenvalue weighted by Gasteiger charge is -2.17. The van der Waals surface area contributed by atoms with Gasteiger partial charge in [0.25, 0.3) is 0 Å². The van der Waals surface area contributed by atoms with Crippen LogP contribution in [0.25, 0.3) is 10.2 Å². The number of thiazole rings is 1. The molecule has 0 radical (unpaired) electrons. The number of hydrogen-bond donors (Lipinski definition) is 0. The Bertz CT molecular complexity index is 1260. The molecule has 2 amide bonds. The number of amides is 2. The molecule has 1 aromatic heterocycles. The SMILES string of the molecule is O=C1[C@@H]2[C@H](C(=O)N1c1ccc3nc(SCc4ccc(Cl)c(Cl)c4)sc3c1)[C@H]1C=C[C@H]2C1. The summed E-state index contributed by atoms with van der Waals surface area (Å²) in [6.07, 6.45) is 5.17. The van der Waals surface area contributed by atoms with E-state index in [1.54, 1.807) is 29.2 Å². The van der Waals surface area contributed by atoms with Gasteiger partial charge in [-0.25, -0.2) is 9.88 Å². The number of carbonyl (C=O) groups is 2. The molecule has 2 heterocycles. The Hall–Kier alpha value is -1.86. The Kier molecular flexibility index (Phi) is 4.69. The van der Waals surface area contributed by atoms with Gasteiger partial charge in [-0.3, -0.25) is 9.59 Å². The number of carbonyl (C=O) groups excluding carboxylic acids is 2. The van der Waals surface area contributed by atoms with Crippen molar-refractivity contribution in [3.05, 3.63) is 64.2 Å². The Balaban J connectivity index is 1.24. The molecule has 156 valence electrons. The summed E-state index contributed by atoms with van der Waals surface area (Å²) in [6.45, 7) is 0. The zero-order valence-electron chi connectivity index (χ0n) is 16.1. The topological polar surface area (TPSA) is 50.3 Å². The number of nitrogens with zero attached hydrogens (tertiary/aromatic N) is 2. The predicted octanol–water partition coefficient (Wildman–Crippen LogP) is 6.21. The van der Waals surface area contributed by atoms with Crippen molar-refractivity contribution in [2.75, 3.05) is 4.90 Å². The molecule has 1 aliphatic heterocycles. The average molecular weight is 487 g/mol. The Morgan fingerprint density at radius 1 is 1.00 bits per heavy atom. The first-order valence-corrected chi connectivity index (χ1v) is 12.6. The highest BCUT2D eigenvalue weighted by atomic mass is 35.5. The molecular formula is C23H16Cl2N2O2S2. The first-order chi connectivity index (χ1) is 15.0. The number of imide groups is 1. The predicted molar refractivity (Wildman–Crippen MR) is 126 cm³/mol. The van der Waals surface area contributed by atoms with E-state index in [0.29, 0.717) is 15.7 Å². The van der Waals surface area contributed by atoms with Crippen LogP contribution >= 0.6 is 46.3 Å². The molecule has 0 unspecified atom stereocenters. The fourth-order valence-electron chi connectivity index (χ4n) is 5.02. The van der Waals surface area contributed by atoms with Crippen LogP contribution in [0.1, 0.15) is 12.0 Å². The molecule has 8 heteroatoms. The maximum atomic E-state index is 13.1. The number of allylic oxidation sites excluding steroid dienone is 2. The van der Waals surface area contributed by atoms with Crippen molar-refractivity contribution in [3.8, 4) is 0 Å². The highest BCUT2D eigenvalue weighted by Crippen LogP contribution is 2.53. The highest BCUT2D eigenvalue weighted by Gasteiger charge is 2.59. The summed E-state index contributed by atoms with van der Waals surface area (Å²) in [4.78, 5) is 32.2. The van der Waals surface area contributed by atoms with Gasteiger partial charge in [-0.1, -0.05) is 53.2 Å². The minimum absolute atomic E-state index is 0.0510. The standard InChI is InChI=1S/C23H16Cl2N2O2S2/c24-15-5-1-11(7-16(15)25)10-30-23-26-17-6-4-14(9-18(17)31-23)27-21(28)19-12-2-3-13(8-12)20(19)22(27)29/h1-7,9,12-13,19-20H,8,10H2/t12-,13-,19-,20+/m0/s1. The Morgan fingerprint density at radius 3 is 2.45 bits per heavy atom. The molecule has 3 aromatic rings. The first kappa shape index (κ1) is 19.8. The van der Waals surface area contributed by atoms with Gasteiger partial charge >= 0.3 is 0 Å². The molecule has 4 nitrogen and oxygen atoms in total. The van der Waals surface area contributed by atoms with Crippen molar-refractivity contribution in [2.45, 2.75) is 16.5 Å². The fourth-order valence-corrected chi connectivity index (χ4v) is 7.39. The third-order valence-corrected chi connectivity index (χ3v) is 9.40. The van der Waals surface area contributed by atoms with Gasteiger partial charge in [0.1, 0.15) is 0 Å². The van der Waals surface area contributed by atoms with E-state index in [4.69, 9.17) is 23.2 Å². The van der Waals surface area contributed by atoms with E-state index in [1.165, 1.54) is 4.90 Å². The number of aromatic nitrogens is 1. The number of benzene rings is 2. The van der Waals surface area contributed by atoms with Crippen molar-refractivity contribution >= 4 is 74.0 Å². The monoisotopic (exact) mass is 486 g/mol.